The lowest BCUT2D eigenvalue weighted by Crippen LogP contribution is -2.31. The second-order valence-electron chi connectivity index (χ2n) is 7.12. The highest BCUT2D eigenvalue weighted by molar-refractivity contribution is 5.77. The number of rotatable bonds is 5. The van der Waals surface area contributed by atoms with Crippen LogP contribution in [-0.4, -0.2) is 27.8 Å². The van der Waals surface area contributed by atoms with Crippen LogP contribution >= 0.6 is 0 Å². The summed E-state index contributed by atoms with van der Waals surface area (Å²) in [5, 5.41) is 7.22. The van der Waals surface area contributed by atoms with Gasteiger partial charge in [-0.25, -0.2) is 14.3 Å². The number of ether oxygens (including phenoxy) is 1. The topological polar surface area (TPSA) is 68.5 Å². The molecule has 1 atom stereocenters. The number of hydrogen-bond acceptors (Lipinski definition) is 4. The Balaban J connectivity index is 1.74. The zero-order valence-corrected chi connectivity index (χ0v) is 17.0. The third-order valence-corrected chi connectivity index (χ3v) is 5.07. The van der Waals surface area contributed by atoms with Crippen molar-refractivity contribution >= 4 is 11.7 Å². The van der Waals surface area contributed by atoms with Gasteiger partial charge in [0.25, 0.3) is 0 Å². The second kappa shape index (κ2) is 8.70. The predicted octanol–water partition coefficient (Wildman–Crippen LogP) is 5.05. The van der Waals surface area contributed by atoms with E-state index in [4.69, 9.17) is 4.74 Å². The molecule has 0 aliphatic carbocycles. The molecule has 0 aliphatic heterocycles. The number of fused-ring (bicyclic) bond motifs is 1. The van der Waals surface area contributed by atoms with Crippen molar-refractivity contribution in [2.45, 2.75) is 18.6 Å². The minimum Gasteiger partial charge on any atom is -0.453 e. The Bertz CT molecular complexity index is 1220. The van der Waals surface area contributed by atoms with Crippen molar-refractivity contribution in [3.05, 3.63) is 89.9 Å². The van der Waals surface area contributed by atoms with Crippen LogP contribution in [0.25, 0.3) is 16.8 Å². The first kappa shape index (κ1) is 21.4. The van der Waals surface area contributed by atoms with Gasteiger partial charge in [-0.2, -0.15) is 18.3 Å². The fourth-order valence-electron chi connectivity index (χ4n) is 3.50. The van der Waals surface area contributed by atoms with Gasteiger partial charge < -0.3 is 10.1 Å². The maximum Gasteiger partial charge on any atom is 0.416 e. The van der Waals surface area contributed by atoms with Gasteiger partial charge >= 0.3 is 12.3 Å². The molecule has 0 unspecified atom stereocenters. The predicted molar refractivity (Wildman–Crippen MR) is 112 cm³/mol. The Labute approximate surface area is 181 Å². The van der Waals surface area contributed by atoms with Gasteiger partial charge in [-0.1, -0.05) is 42.5 Å². The van der Waals surface area contributed by atoms with Gasteiger partial charge in [-0.3, -0.25) is 0 Å². The Morgan fingerprint density at radius 1 is 1.09 bits per heavy atom. The van der Waals surface area contributed by atoms with Gasteiger partial charge in [0, 0.05) is 11.8 Å². The Hall–Kier alpha value is -3.88. The van der Waals surface area contributed by atoms with E-state index in [2.05, 4.69) is 15.4 Å². The van der Waals surface area contributed by atoms with E-state index in [0.29, 0.717) is 28.9 Å². The molecule has 0 saturated carbocycles. The van der Waals surface area contributed by atoms with Crippen LogP contribution in [-0.2, 0) is 17.3 Å². The number of benzene rings is 2. The van der Waals surface area contributed by atoms with E-state index in [9.17, 15) is 18.0 Å². The minimum atomic E-state index is -4.41. The standard InChI is InChI=1S/C23H19F3N4O2/c1-32-22(31)29-19(13-15-5-3-2-4-6-15)20-11-12-27-21-18(14-28-30(20)21)16-7-9-17(10-8-16)23(24,25)26/h2-12,14,19H,13H2,1H3,(H,29,31)/t19-/m0/s1. The van der Waals surface area contributed by atoms with E-state index in [-0.39, 0.29) is 0 Å². The zero-order valence-electron chi connectivity index (χ0n) is 17.0. The average Bonchev–Trinajstić information content (AvgIpc) is 3.23. The summed E-state index contributed by atoms with van der Waals surface area (Å²) in [7, 11) is 1.29. The highest BCUT2D eigenvalue weighted by Gasteiger charge is 2.30. The summed E-state index contributed by atoms with van der Waals surface area (Å²) in [6.07, 6.45) is -1.39. The molecule has 2 aromatic carbocycles. The van der Waals surface area contributed by atoms with Crippen LogP contribution in [0, 0.1) is 0 Å². The van der Waals surface area contributed by atoms with Gasteiger partial charge in [0.2, 0.25) is 0 Å². The summed E-state index contributed by atoms with van der Waals surface area (Å²) < 4.78 is 45.0. The average molecular weight is 440 g/mol. The van der Waals surface area contributed by atoms with Crippen molar-refractivity contribution < 1.29 is 22.7 Å². The molecule has 32 heavy (non-hydrogen) atoms. The van der Waals surface area contributed by atoms with Crippen molar-refractivity contribution in [1.29, 1.82) is 0 Å². The minimum absolute atomic E-state index is 0.465. The molecule has 6 nitrogen and oxygen atoms in total. The third-order valence-electron chi connectivity index (χ3n) is 5.07. The molecule has 9 heteroatoms. The Morgan fingerprint density at radius 2 is 1.81 bits per heavy atom. The molecule has 0 aliphatic rings. The maximum absolute atomic E-state index is 12.9. The molecule has 0 bridgehead atoms. The van der Waals surface area contributed by atoms with E-state index in [1.807, 2.05) is 30.3 Å². The van der Waals surface area contributed by atoms with Crippen molar-refractivity contribution in [1.82, 2.24) is 19.9 Å². The number of carbonyl (C=O) groups excluding carboxylic acids is 1. The highest BCUT2D eigenvalue weighted by Crippen LogP contribution is 2.32. The van der Waals surface area contributed by atoms with Gasteiger partial charge in [0.15, 0.2) is 5.65 Å². The molecule has 0 radical (unpaired) electrons. The van der Waals surface area contributed by atoms with E-state index in [1.54, 1.807) is 23.0 Å². The number of hydrogen-bond donors (Lipinski definition) is 1. The number of alkyl halides is 3. The largest absolute Gasteiger partial charge is 0.453 e. The van der Waals surface area contributed by atoms with Crippen molar-refractivity contribution in [2.75, 3.05) is 7.11 Å². The van der Waals surface area contributed by atoms with Crippen LogP contribution < -0.4 is 5.32 Å². The number of aromatic nitrogens is 3. The number of halogens is 3. The summed E-state index contributed by atoms with van der Waals surface area (Å²) in [5.74, 6) is 0. The first-order chi connectivity index (χ1) is 15.4. The fourth-order valence-corrected chi connectivity index (χ4v) is 3.50. The molecule has 0 saturated heterocycles. The van der Waals surface area contributed by atoms with Crippen molar-refractivity contribution in [3.63, 3.8) is 0 Å². The molecule has 2 heterocycles. The first-order valence-corrected chi connectivity index (χ1v) is 9.75. The molecule has 4 aromatic rings. The monoisotopic (exact) mass is 440 g/mol. The summed E-state index contributed by atoms with van der Waals surface area (Å²) in [6, 6.07) is 15.7. The van der Waals surface area contributed by atoms with Crippen LogP contribution in [0.5, 0.6) is 0 Å². The number of carbonyl (C=O) groups is 1. The Kier molecular flexibility index (Phi) is 5.81. The first-order valence-electron chi connectivity index (χ1n) is 9.75. The summed E-state index contributed by atoms with van der Waals surface area (Å²) in [6.45, 7) is 0. The van der Waals surface area contributed by atoms with Crippen molar-refractivity contribution in [2.24, 2.45) is 0 Å². The number of amides is 1. The normalized spacial score (nSPS) is 12.5. The molecule has 164 valence electrons. The maximum atomic E-state index is 12.9. The zero-order chi connectivity index (χ0) is 22.7. The molecular weight excluding hydrogens is 421 g/mol. The van der Waals surface area contributed by atoms with E-state index < -0.39 is 23.9 Å². The molecule has 1 N–H and O–H groups in total. The molecule has 2 aromatic heterocycles. The van der Waals surface area contributed by atoms with Gasteiger partial charge in [-0.15, -0.1) is 0 Å². The van der Waals surface area contributed by atoms with E-state index in [1.165, 1.54) is 19.2 Å². The molecule has 4 rings (SSSR count). The van der Waals surface area contributed by atoms with Crippen LogP contribution in [0.15, 0.2) is 73.1 Å². The second-order valence-corrected chi connectivity index (χ2v) is 7.12. The van der Waals surface area contributed by atoms with Gasteiger partial charge in [0.05, 0.1) is 30.6 Å². The summed E-state index contributed by atoms with van der Waals surface area (Å²) >= 11 is 0. The lowest BCUT2D eigenvalue weighted by molar-refractivity contribution is -0.137. The van der Waals surface area contributed by atoms with Crippen LogP contribution in [0.2, 0.25) is 0 Å². The van der Waals surface area contributed by atoms with Gasteiger partial charge in [-0.05, 0) is 35.7 Å². The van der Waals surface area contributed by atoms with Crippen molar-refractivity contribution in [3.8, 4) is 11.1 Å². The van der Waals surface area contributed by atoms with Crippen LogP contribution in [0.4, 0.5) is 18.0 Å². The number of nitrogens with one attached hydrogen (secondary N) is 1. The van der Waals surface area contributed by atoms with Crippen LogP contribution in [0.1, 0.15) is 22.9 Å². The molecular formula is C23H19F3N4O2. The lowest BCUT2D eigenvalue weighted by Gasteiger charge is -2.19. The van der Waals surface area contributed by atoms with Crippen LogP contribution in [0.3, 0.4) is 0 Å². The quantitative estimate of drug-likeness (QED) is 0.471. The van der Waals surface area contributed by atoms with E-state index in [0.717, 1.165) is 17.7 Å². The van der Waals surface area contributed by atoms with E-state index >= 15 is 0 Å². The molecule has 1 amide bonds. The summed E-state index contributed by atoms with van der Waals surface area (Å²) in [4.78, 5) is 16.4. The lowest BCUT2D eigenvalue weighted by atomic mass is 10.0. The SMILES string of the molecule is COC(=O)N[C@@H](Cc1ccccc1)c1ccnc2c(-c3ccc(C(F)(F)F)cc3)cnn12. The van der Waals surface area contributed by atoms with Gasteiger partial charge in [0.1, 0.15) is 0 Å². The summed E-state index contributed by atoms with van der Waals surface area (Å²) in [5.41, 5.74) is 2.52. The molecule has 0 fully saturated rings. The number of nitrogens with zero attached hydrogens (tertiary/aromatic N) is 3. The smallest absolute Gasteiger partial charge is 0.416 e. The fraction of sp³-hybridized carbons (Fsp3) is 0.174. The highest BCUT2D eigenvalue weighted by atomic mass is 19.4. The number of methoxy groups -OCH3 is 1. The third kappa shape index (κ3) is 4.41. The Morgan fingerprint density at radius 3 is 2.47 bits per heavy atom. The molecule has 0 spiro atoms. The number of alkyl carbamates (subject to hydrolysis) is 1.